The molecule has 2 aromatic heterocycles. The minimum atomic E-state index is -4.87. The summed E-state index contributed by atoms with van der Waals surface area (Å²) >= 11 is 0. The minimum Gasteiger partial charge on any atom is -0.455 e. The number of fused-ring (bicyclic) bond motifs is 2. The molecule has 2 aliphatic rings. The van der Waals surface area contributed by atoms with Crippen molar-refractivity contribution in [1.82, 2.24) is 14.0 Å². The third-order valence-corrected chi connectivity index (χ3v) is 7.32. The van der Waals surface area contributed by atoms with Gasteiger partial charge in [0, 0.05) is 25.7 Å². The highest BCUT2D eigenvalue weighted by molar-refractivity contribution is 5.34. The van der Waals surface area contributed by atoms with Crippen LogP contribution in [0.25, 0.3) is 0 Å². The molecule has 14 heteroatoms. The molecule has 0 bridgehead atoms. The van der Waals surface area contributed by atoms with Crippen LogP contribution >= 0.6 is 0 Å². The highest BCUT2D eigenvalue weighted by Crippen LogP contribution is 2.43. The van der Waals surface area contributed by atoms with Gasteiger partial charge in [0.15, 0.2) is 0 Å². The Morgan fingerprint density at radius 2 is 1.64 bits per heavy atom. The van der Waals surface area contributed by atoms with Crippen LogP contribution in [0.15, 0.2) is 44.3 Å². The summed E-state index contributed by atoms with van der Waals surface area (Å²) in [6, 6.07) is 4.59. The third kappa shape index (κ3) is 4.80. The van der Waals surface area contributed by atoms with E-state index in [4.69, 9.17) is 9.15 Å². The number of likely N-dealkylation sites (tertiary alicyclic amines) is 1. The second kappa shape index (κ2) is 9.37. The van der Waals surface area contributed by atoms with Crippen molar-refractivity contribution in [1.29, 1.82) is 0 Å². The highest BCUT2D eigenvalue weighted by Gasteiger charge is 2.47. The Labute approximate surface area is 216 Å². The summed E-state index contributed by atoms with van der Waals surface area (Å²) in [5.74, 6) is -2.14. The number of ether oxygens (including phenoxy) is 1. The van der Waals surface area contributed by atoms with E-state index in [9.17, 15) is 40.3 Å². The molecule has 0 atom stereocenters. The molecule has 0 amide bonds. The summed E-state index contributed by atoms with van der Waals surface area (Å²) < 4.78 is 106. The predicted molar refractivity (Wildman–Crippen MR) is 121 cm³/mol. The SMILES string of the molecule is Cn1c(=O)c2c(n(Cc3c(F)cccc3C(F)(F)F)c1=O)COC21CCN(Cc2ccc(C(F)(F)F)o2)CC1. The molecule has 7 nitrogen and oxygen atoms in total. The fourth-order valence-corrected chi connectivity index (χ4v) is 5.30. The molecule has 2 aliphatic heterocycles. The molecule has 1 fully saturated rings. The third-order valence-electron chi connectivity index (χ3n) is 7.32. The van der Waals surface area contributed by atoms with E-state index in [1.165, 1.54) is 13.1 Å². The zero-order chi connectivity index (χ0) is 28.3. The maximum absolute atomic E-state index is 14.6. The van der Waals surface area contributed by atoms with Gasteiger partial charge in [-0.05, 0) is 37.1 Å². The average molecular weight is 561 g/mol. The second-order valence-electron chi connectivity index (χ2n) is 9.64. The molecule has 39 heavy (non-hydrogen) atoms. The van der Waals surface area contributed by atoms with Crippen molar-refractivity contribution in [3.8, 4) is 0 Å². The number of halogens is 7. The number of hydrogen-bond acceptors (Lipinski definition) is 5. The minimum absolute atomic E-state index is 0.0776. The Kier molecular flexibility index (Phi) is 6.53. The van der Waals surface area contributed by atoms with Crippen molar-refractivity contribution in [3.05, 3.63) is 90.9 Å². The first-order chi connectivity index (χ1) is 18.2. The highest BCUT2D eigenvalue weighted by atomic mass is 19.4. The van der Waals surface area contributed by atoms with E-state index in [0.29, 0.717) is 13.1 Å². The molecule has 4 heterocycles. The van der Waals surface area contributed by atoms with Crippen molar-refractivity contribution in [2.45, 2.75) is 50.5 Å². The van der Waals surface area contributed by atoms with E-state index in [1.54, 1.807) is 0 Å². The number of aromatic nitrogens is 2. The number of furan rings is 1. The molecule has 0 saturated carbocycles. The van der Waals surface area contributed by atoms with E-state index in [-0.39, 0.29) is 43.0 Å². The lowest BCUT2D eigenvalue weighted by Crippen LogP contribution is -2.48. The smallest absolute Gasteiger partial charge is 0.449 e. The molecule has 0 N–H and O–H groups in total. The molecule has 0 unspecified atom stereocenters. The van der Waals surface area contributed by atoms with Crippen molar-refractivity contribution in [2.24, 2.45) is 7.05 Å². The van der Waals surface area contributed by atoms with Crippen molar-refractivity contribution < 1.29 is 39.9 Å². The number of nitrogens with zero attached hydrogens (tertiary/aromatic N) is 3. The van der Waals surface area contributed by atoms with Gasteiger partial charge in [0.1, 0.15) is 17.2 Å². The molecule has 1 spiro atoms. The Hall–Kier alpha value is -3.39. The van der Waals surface area contributed by atoms with Crippen LogP contribution in [0.1, 0.15) is 46.7 Å². The molecular formula is C25H22F7N3O4. The molecule has 0 aliphatic carbocycles. The molecule has 210 valence electrons. The van der Waals surface area contributed by atoms with Crippen LogP contribution in [-0.4, -0.2) is 27.1 Å². The van der Waals surface area contributed by atoms with Gasteiger partial charge in [0.05, 0.1) is 36.5 Å². The molecule has 1 saturated heterocycles. The predicted octanol–water partition coefficient (Wildman–Crippen LogP) is 4.39. The summed E-state index contributed by atoms with van der Waals surface area (Å²) in [6.07, 6.45) is -9.02. The zero-order valence-corrected chi connectivity index (χ0v) is 20.5. The van der Waals surface area contributed by atoms with Crippen LogP contribution in [0.2, 0.25) is 0 Å². The first kappa shape index (κ1) is 27.2. The van der Waals surface area contributed by atoms with E-state index in [1.807, 2.05) is 4.90 Å². The van der Waals surface area contributed by atoms with Crippen molar-refractivity contribution in [3.63, 3.8) is 0 Å². The maximum atomic E-state index is 14.6. The van der Waals surface area contributed by atoms with Crippen LogP contribution in [0.3, 0.4) is 0 Å². The second-order valence-corrected chi connectivity index (χ2v) is 9.64. The number of alkyl halides is 6. The quantitative estimate of drug-likeness (QED) is 0.443. The zero-order valence-electron chi connectivity index (χ0n) is 20.5. The normalized spacial score (nSPS) is 17.6. The maximum Gasteiger partial charge on any atom is 0.449 e. The van der Waals surface area contributed by atoms with Gasteiger partial charge in [-0.3, -0.25) is 18.8 Å². The Balaban J connectivity index is 1.45. The van der Waals surface area contributed by atoms with Crippen LogP contribution in [0, 0.1) is 5.82 Å². The van der Waals surface area contributed by atoms with E-state index < -0.39 is 58.5 Å². The van der Waals surface area contributed by atoms with Crippen LogP contribution in [0.5, 0.6) is 0 Å². The van der Waals surface area contributed by atoms with E-state index in [0.717, 1.165) is 33.4 Å². The first-order valence-corrected chi connectivity index (χ1v) is 11.9. The molecule has 3 aromatic rings. The van der Waals surface area contributed by atoms with E-state index in [2.05, 4.69) is 0 Å². The Morgan fingerprint density at radius 3 is 2.26 bits per heavy atom. The monoisotopic (exact) mass is 561 g/mol. The average Bonchev–Trinajstić information content (AvgIpc) is 3.47. The molecule has 0 radical (unpaired) electrons. The summed E-state index contributed by atoms with van der Waals surface area (Å²) in [5.41, 5.74) is -4.50. The van der Waals surface area contributed by atoms with Gasteiger partial charge < -0.3 is 9.15 Å². The summed E-state index contributed by atoms with van der Waals surface area (Å²) in [7, 11) is 1.18. The van der Waals surface area contributed by atoms with Crippen molar-refractivity contribution in [2.75, 3.05) is 13.1 Å². The topological polar surface area (TPSA) is 69.6 Å². The number of rotatable bonds is 4. The van der Waals surface area contributed by atoms with Crippen LogP contribution in [-0.2, 0) is 49.4 Å². The number of piperidine rings is 1. The van der Waals surface area contributed by atoms with Gasteiger partial charge in [-0.25, -0.2) is 9.18 Å². The molecular weight excluding hydrogens is 539 g/mol. The lowest BCUT2D eigenvalue weighted by atomic mass is 9.85. The lowest BCUT2D eigenvalue weighted by Gasteiger charge is -2.38. The van der Waals surface area contributed by atoms with Crippen molar-refractivity contribution >= 4 is 0 Å². The fourth-order valence-electron chi connectivity index (χ4n) is 5.30. The van der Waals surface area contributed by atoms with Crippen LogP contribution < -0.4 is 11.2 Å². The largest absolute Gasteiger partial charge is 0.455 e. The summed E-state index contributed by atoms with van der Waals surface area (Å²) in [6.45, 7) is -0.319. The van der Waals surface area contributed by atoms with E-state index >= 15 is 0 Å². The summed E-state index contributed by atoms with van der Waals surface area (Å²) in [4.78, 5) is 28.0. The summed E-state index contributed by atoms with van der Waals surface area (Å²) in [5, 5.41) is 0. The lowest BCUT2D eigenvalue weighted by molar-refractivity contribution is -0.153. The Bertz CT molecular complexity index is 1530. The standard InChI is InChI=1S/C25H22F7N3O4/c1-33-21(36)20-18(35(22(33)37)12-15-16(24(27,28)29)3-2-4-17(15)26)13-38-23(20)7-9-34(10-8-23)11-14-5-6-19(39-14)25(30,31)32/h2-6H,7-13H2,1H3. The van der Waals surface area contributed by atoms with Gasteiger partial charge in [0.25, 0.3) is 5.56 Å². The van der Waals surface area contributed by atoms with Gasteiger partial charge >= 0.3 is 18.0 Å². The van der Waals surface area contributed by atoms with Gasteiger partial charge in [0.2, 0.25) is 5.76 Å². The van der Waals surface area contributed by atoms with Gasteiger partial charge in [-0.2, -0.15) is 26.3 Å². The number of hydrogen-bond donors (Lipinski definition) is 0. The van der Waals surface area contributed by atoms with Gasteiger partial charge in [-0.15, -0.1) is 0 Å². The Morgan fingerprint density at radius 1 is 0.949 bits per heavy atom. The number of benzene rings is 1. The van der Waals surface area contributed by atoms with Gasteiger partial charge in [-0.1, -0.05) is 6.07 Å². The fraction of sp³-hybridized carbons (Fsp3) is 0.440. The molecule has 5 rings (SSSR count). The van der Waals surface area contributed by atoms with Crippen LogP contribution in [0.4, 0.5) is 30.7 Å². The molecule has 1 aromatic carbocycles. The first-order valence-electron chi connectivity index (χ1n) is 11.9.